The molecule has 0 spiro atoms. The predicted molar refractivity (Wildman–Crippen MR) is 81.1 cm³/mol. The number of methoxy groups -OCH3 is 1. The molecule has 1 aromatic carbocycles. The molecule has 4 heteroatoms. The third-order valence-corrected chi connectivity index (χ3v) is 4.33. The summed E-state index contributed by atoms with van der Waals surface area (Å²) in [6.07, 6.45) is 3.99. The van der Waals surface area contributed by atoms with Crippen molar-refractivity contribution in [3.63, 3.8) is 0 Å². The minimum Gasteiger partial charge on any atom is -0.383 e. The van der Waals surface area contributed by atoms with Crippen molar-refractivity contribution in [3.05, 3.63) is 34.9 Å². The number of ether oxygens (including phenoxy) is 1. The van der Waals surface area contributed by atoms with Gasteiger partial charge >= 0.3 is 0 Å². The van der Waals surface area contributed by atoms with Gasteiger partial charge in [0, 0.05) is 18.2 Å². The zero-order valence-corrected chi connectivity index (χ0v) is 12.9. The van der Waals surface area contributed by atoms with Gasteiger partial charge < -0.3 is 10.1 Å². The van der Waals surface area contributed by atoms with Crippen LogP contribution >= 0.6 is 11.6 Å². The van der Waals surface area contributed by atoms with Crippen LogP contribution in [-0.2, 0) is 14.9 Å². The van der Waals surface area contributed by atoms with Crippen molar-refractivity contribution in [2.75, 3.05) is 13.7 Å². The average molecular weight is 296 g/mol. The number of nitrogens with one attached hydrogen (secondary N) is 1. The Morgan fingerprint density at radius 3 is 2.50 bits per heavy atom. The fraction of sp³-hybridized carbons (Fsp3) is 0.562. The van der Waals surface area contributed by atoms with Gasteiger partial charge in [0.05, 0.1) is 12.0 Å². The van der Waals surface area contributed by atoms with Crippen LogP contribution in [0.2, 0.25) is 5.02 Å². The number of amides is 1. The van der Waals surface area contributed by atoms with Crippen LogP contribution in [0.3, 0.4) is 0 Å². The fourth-order valence-corrected chi connectivity index (χ4v) is 3.17. The Balaban J connectivity index is 2.21. The molecule has 1 unspecified atom stereocenters. The minimum absolute atomic E-state index is 0.0253. The molecule has 0 bridgehead atoms. The summed E-state index contributed by atoms with van der Waals surface area (Å²) in [4.78, 5) is 12.7. The maximum Gasteiger partial charge on any atom is 0.230 e. The maximum atomic E-state index is 12.7. The van der Waals surface area contributed by atoms with Crippen molar-refractivity contribution in [1.29, 1.82) is 0 Å². The molecule has 1 aromatic rings. The Kier molecular flexibility index (Phi) is 5.06. The van der Waals surface area contributed by atoms with Gasteiger partial charge in [0.25, 0.3) is 0 Å². The third kappa shape index (κ3) is 3.15. The molecule has 0 saturated heterocycles. The molecule has 110 valence electrons. The van der Waals surface area contributed by atoms with Crippen molar-refractivity contribution in [3.8, 4) is 0 Å². The number of benzene rings is 1. The van der Waals surface area contributed by atoms with Crippen molar-refractivity contribution >= 4 is 17.5 Å². The lowest BCUT2D eigenvalue weighted by Gasteiger charge is -2.30. The molecule has 3 nitrogen and oxygen atoms in total. The van der Waals surface area contributed by atoms with E-state index in [-0.39, 0.29) is 11.9 Å². The van der Waals surface area contributed by atoms with E-state index in [0.29, 0.717) is 11.6 Å². The Labute approximate surface area is 125 Å². The molecular weight excluding hydrogens is 274 g/mol. The van der Waals surface area contributed by atoms with Crippen LogP contribution in [0.5, 0.6) is 0 Å². The van der Waals surface area contributed by atoms with E-state index in [0.717, 1.165) is 31.2 Å². The zero-order chi connectivity index (χ0) is 14.6. The van der Waals surface area contributed by atoms with Crippen LogP contribution in [0, 0.1) is 0 Å². The number of carbonyl (C=O) groups is 1. The molecule has 1 aliphatic rings. The molecule has 0 aromatic heterocycles. The maximum absolute atomic E-state index is 12.7. The molecule has 0 aliphatic heterocycles. The molecule has 1 atom stereocenters. The number of carbonyl (C=O) groups excluding carboxylic acids is 1. The van der Waals surface area contributed by atoms with Crippen LogP contribution in [-0.4, -0.2) is 25.7 Å². The van der Waals surface area contributed by atoms with Crippen molar-refractivity contribution in [2.45, 2.75) is 44.1 Å². The summed E-state index contributed by atoms with van der Waals surface area (Å²) in [7, 11) is 1.65. The highest BCUT2D eigenvalue weighted by atomic mass is 35.5. The summed E-state index contributed by atoms with van der Waals surface area (Å²) in [6.45, 7) is 2.49. The second-order valence-electron chi connectivity index (χ2n) is 5.63. The van der Waals surface area contributed by atoms with E-state index in [1.165, 1.54) is 0 Å². The van der Waals surface area contributed by atoms with Crippen LogP contribution in [0.1, 0.15) is 38.2 Å². The molecule has 1 amide bonds. The topological polar surface area (TPSA) is 38.3 Å². The van der Waals surface area contributed by atoms with Gasteiger partial charge in [0.2, 0.25) is 5.91 Å². The zero-order valence-electron chi connectivity index (χ0n) is 12.1. The normalized spacial score (nSPS) is 18.8. The first-order valence-corrected chi connectivity index (χ1v) is 7.52. The number of halogens is 1. The average Bonchev–Trinajstić information content (AvgIpc) is 2.90. The van der Waals surface area contributed by atoms with Crippen molar-refractivity contribution in [2.24, 2.45) is 0 Å². The first-order valence-electron chi connectivity index (χ1n) is 7.14. The smallest absolute Gasteiger partial charge is 0.230 e. The Morgan fingerprint density at radius 1 is 1.35 bits per heavy atom. The van der Waals surface area contributed by atoms with E-state index in [9.17, 15) is 4.79 Å². The summed E-state index contributed by atoms with van der Waals surface area (Å²) in [5.41, 5.74) is 0.675. The molecular formula is C16H22ClNO2. The lowest BCUT2D eigenvalue weighted by Crippen LogP contribution is -2.47. The Morgan fingerprint density at radius 2 is 1.95 bits per heavy atom. The third-order valence-electron chi connectivity index (χ3n) is 4.08. The quantitative estimate of drug-likeness (QED) is 0.905. The van der Waals surface area contributed by atoms with Crippen LogP contribution < -0.4 is 5.32 Å². The number of rotatable bonds is 5. The number of hydrogen-bond acceptors (Lipinski definition) is 2. The largest absolute Gasteiger partial charge is 0.383 e. The summed E-state index contributed by atoms with van der Waals surface area (Å²) in [5.74, 6) is 0.113. The van der Waals surface area contributed by atoms with E-state index >= 15 is 0 Å². The standard InChI is InChI=1S/C16H22ClNO2/c1-12(11-20-2)18-15(19)16(9-3-4-10-16)13-5-7-14(17)8-6-13/h5-8,12H,3-4,9-11H2,1-2H3,(H,18,19). The molecule has 1 aliphatic carbocycles. The summed E-state index contributed by atoms with van der Waals surface area (Å²) < 4.78 is 5.09. The molecule has 1 fully saturated rings. The Bertz CT molecular complexity index is 452. The van der Waals surface area contributed by atoms with Gasteiger partial charge in [-0.3, -0.25) is 4.79 Å². The highest BCUT2D eigenvalue weighted by Crippen LogP contribution is 2.41. The lowest BCUT2D eigenvalue weighted by molar-refractivity contribution is -0.127. The number of hydrogen-bond donors (Lipinski definition) is 1. The van der Waals surface area contributed by atoms with Crippen molar-refractivity contribution in [1.82, 2.24) is 5.32 Å². The molecule has 1 saturated carbocycles. The molecule has 20 heavy (non-hydrogen) atoms. The van der Waals surface area contributed by atoms with E-state index in [4.69, 9.17) is 16.3 Å². The SMILES string of the molecule is COCC(C)NC(=O)C1(c2ccc(Cl)cc2)CCCC1. The van der Waals surface area contributed by atoms with Crippen LogP contribution in [0.4, 0.5) is 0 Å². The molecule has 1 N–H and O–H groups in total. The van der Waals surface area contributed by atoms with Gasteiger partial charge in [-0.05, 0) is 37.5 Å². The summed E-state index contributed by atoms with van der Waals surface area (Å²) in [5, 5.41) is 3.78. The first kappa shape index (κ1) is 15.3. The van der Waals surface area contributed by atoms with E-state index in [1.807, 2.05) is 31.2 Å². The monoisotopic (exact) mass is 295 g/mol. The van der Waals surface area contributed by atoms with Crippen LogP contribution in [0.25, 0.3) is 0 Å². The molecule has 2 rings (SSSR count). The molecule has 0 radical (unpaired) electrons. The lowest BCUT2D eigenvalue weighted by atomic mass is 9.78. The van der Waals surface area contributed by atoms with Gasteiger partial charge in [-0.1, -0.05) is 36.6 Å². The second kappa shape index (κ2) is 6.59. The van der Waals surface area contributed by atoms with Gasteiger partial charge in [-0.25, -0.2) is 0 Å². The van der Waals surface area contributed by atoms with E-state index in [1.54, 1.807) is 7.11 Å². The predicted octanol–water partition coefficient (Wildman–Crippen LogP) is 3.30. The highest BCUT2D eigenvalue weighted by molar-refractivity contribution is 6.30. The van der Waals surface area contributed by atoms with E-state index in [2.05, 4.69) is 5.32 Å². The van der Waals surface area contributed by atoms with Gasteiger partial charge in [-0.15, -0.1) is 0 Å². The van der Waals surface area contributed by atoms with Crippen LogP contribution in [0.15, 0.2) is 24.3 Å². The first-order chi connectivity index (χ1) is 9.58. The van der Waals surface area contributed by atoms with Crippen molar-refractivity contribution < 1.29 is 9.53 Å². The fourth-order valence-electron chi connectivity index (χ4n) is 3.05. The summed E-state index contributed by atoms with van der Waals surface area (Å²) >= 11 is 5.95. The van der Waals surface area contributed by atoms with Gasteiger partial charge in [-0.2, -0.15) is 0 Å². The summed E-state index contributed by atoms with van der Waals surface area (Å²) in [6, 6.07) is 7.71. The van der Waals surface area contributed by atoms with E-state index < -0.39 is 5.41 Å². The minimum atomic E-state index is -0.396. The second-order valence-corrected chi connectivity index (χ2v) is 6.06. The Hall–Kier alpha value is -1.06. The van der Waals surface area contributed by atoms with Gasteiger partial charge in [0.15, 0.2) is 0 Å². The molecule has 0 heterocycles. The van der Waals surface area contributed by atoms with Gasteiger partial charge in [0.1, 0.15) is 0 Å². The highest BCUT2D eigenvalue weighted by Gasteiger charge is 2.42.